The molecule has 0 bridgehead atoms. The molecule has 2 heterocycles. The van der Waals surface area contributed by atoms with Crippen LogP contribution in [-0.4, -0.2) is 47.4 Å². The van der Waals surface area contributed by atoms with Crippen LogP contribution in [0.25, 0.3) is 0 Å². The van der Waals surface area contributed by atoms with Crippen molar-refractivity contribution < 1.29 is 13.5 Å². The zero-order valence-electron chi connectivity index (χ0n) is 11.6. The molecule has 20 heavy (non-hydrogen) atoms. The van der Waals surface area contributed by atoms with Gasteiger partial charge < -0.3 is 5.11 Å². The summed E-state index contributed by atoms with van der Waals surface area (Å²) in [5, 5.41) is 9.96. The lowest BCUT2D eigenvalue weighted by atomic mass is 10.0. The Labute approximate surface area is 120 Å². The number of fused-ring (bicyclic) bond motifs is 1. The van der Waals surface area contributed by atoms with Crippen molar-refractivity contribution in [3.8, 4) is 0 Å². The molecule has 110 valence electrons. The number of hydrogen-bond donors (Lipinski definition) is 1. The monoisotopic (exact) mass is 296 g/mol. The first-order chi connectivity index (χ1) is 9.38. The van der Waals surface area contributed by atoms with Crippen LogP contribution in [0.2, 0.25) is 0 Å². The molecule has 1 N–H and O–H groups in total. The maximum Gasteiger partial charge on any atom is 0.282 e. The van der Waals surface area contributed by atoms with Gasteiger partial charge in [0.05, 0.1) is 5.60 Å². The molecule has 0 saturated carbocycles. The third kappa shape index (κ3) is 2.48. The quantitative estimate of drug-likeness (QED) is 0.876. The third-order valence-electron chi connectivity index (χ3n) is 4.16. The van der Waals surface area contributed by atoms with Gasteiger partial charge in [0, 0.05) is 26.2 Å². The molecule has 2 aliphatic rings. The predicted molar refractivity (Wildman–Crippen MR) is 76.3 cm³/mol. The van der Waals surface area contributed by atoms with Crippen LogP contribution < -0.4 is 0 Å². The maximum atomic E-state index is 12.6. The van der Waals surface area contributed by atoms with Crippen molar-refractivity contribution in [2.24, 2.45) is 0 Å². The van der Waals surface area contributed by atoms with Crippen molar-refractivity contribution in [3.05, 3.63) is 35.4 Å². The summed E-state index contributed by atoms with van der Waals surface area (Å²) in [5.74, 6) is 0. The van der Waals surface area contributed by atoms with E-state index >= 15 is 0 Å². The highest BCUT2D eigenvalue weighted by atomic mass is 32.2. The first kappa shape index (κ1) is 14.0. The van der Waals surface area contributed by atoms with E-state index in [9.17, 15) is 13.5 Å². The van der Waals surface area contributed by atoms with Crippen LogP contribution in [0.15, 0.2) is 24.3 Å². The Morgan fingerprint density at radius 2 is 1.85 bits per heavy atom. The molecular weight excluding hydrogens is 276 g/mol. The van der Waals surface area contributed by atoms with E-state index in [0.29, 0.717) is 26.1 Å². The van der Waals surface area contributed by atoms with Gasteiger partial charge in [-0.05, 0) is 30.9 Å². The summed E-state index contributed by atoms with van der Waals surface area (Å²) in [7, 11) is -3.47. The van der Waals surface area contributed by atoms with Crippen LogP contribution in [0.4, 0.5) is 0 Å². The van der Waals surface area contributed by atoms with Crippen molar-refractivity contribution in [2.45, 2.75) is 31.9 Å². The maximum absolute atomic E-state index is 12.6. The topological polar surface area (TPSA) is 60.9 Å². The molecule has 0 aromatic heterocycles. The van der Waals surface area contributed by atoms with Crippen LogP contribution in [0.5, 0.6) is 0 Å². The number of rotatable bonds is 2. The molecule has 0 amide bonds. The van der Waals surface area contributed by atoms with Gasteiger partial charge in [0.15, 0.2) is 0 Å². The molecule has 1 unspecified atom stereocenters. The highest BCUT2D eigenvalue weighted by Crippen LogP contribution is 2.27. The second-order valence-corrected chi connectivity index (χ2v) is 7.87. The summed E-state index contributed by atoms with van der Waals surface area (Å²) >= 11 is 0. The van der Waals surface area contributed by atoms with Crippen molar-refractivity contribution in [1.82, 2.24) is 8.61 Å². The van der Waals surface area contributed by atoms with Crippen LogP contribution in [-0.2, 0) is 23.2 Å². The zero-order valence-corrected chi connectivity index (χ0v) is 12.4. The van der Waals surface area contributed by atoms with E-state index in [1.54, 1.807) is 6.92 Å². The number of aliphatic hydroxyl groups is 1. The van der Waals surface area contributed by atoms with E-state index in [1.807, 2.05) is 18.2 Å². The van der Waals surface area contributed by atoms with Gasteiger partial charge in [-0.15, -0.1) is 0 Å². The van der Waals surface area contributed by atoms with Crippen LogP contribution in [0, 0.1) is 0 Å². The Kier molecular flexibility index (Phi) is 3.36. The van der Waals surface area contributed by atoms with E-state index in [0.717, 1.165) is 12.0 Å². The molecule has 2 aliphatic heterocycles. The Bertz CT molecular complexity index is 613. The van der Waals surface area contributed by atoms with Gasteiger partial charge in [0.2, 0.25) is 0 Å². The lowest BCUT2D eigenvalue weighted by Gasteiger charge is -2.31. The molecule has 5 nitrogen and oxygen atoms in total. The summed E-state index contributed by atoms with van der Waals surface area (Å²) in [5.41, 5.74) is 1.40. The molecule has 3 rings (SSSR count). The Balaban J connectivity index is 1.80. The lowest BCUT2D eigenvalue weighted by molar-refractivity contribution is 0.0756. The molecule has 6 heteroatoms. The van der Waals surface area contributed by atoms with Crippen molar-refractivity contribution >= 4 is 10.2 Å². The summed E-state index contributed by atoms with van der Waals surface area (Å²) < 4.78 is 28.2. The minimum atomic E-state index is -3.47. The highest BCUT2D eigenvalue weighted by molar-refractivity contribution is 7.86. The molecule has 0 radical (unpaired) electrons. The SMILES string of the molecule is CC1(O)CCN(S(=O)(=O)N2CCc3ccccc3C2)C1. The van der Waals surface area contributed by atoms with Gasteiger partial charge in [-0.2, -0.15) is 17.0 Å². The largest absolute Gasteiger partial charge is 0.389 e. The number of nitrogens with zero attached hydrogens (tertiary/aromatic N) is 2. The Morgan fingerprint density at radius 3 is 2.50 bits per heavy atom. The normalized spacial score (nSPS) is 28.5. The number of hydrogen-bond acceptors (Lipinski definition) is 3. The molecule has 0 aliphatic carbocycles. The Morgan fingerprint density at radius 1 is 1.15 bits per heavy atom. The third-order valence-corrected chi connectivity index (χ3v) is 6.09. The van der Waals surface area contributed by atoms with Gasteiger partial charge >= 0.3 is 0 Å². The molecule has 0 spiro atoms. The van der Waals surface area contributed by atoms with E-state index in [1.165, 1.54) is 14.2 Å². The summed E-state index contributed by atoms with van der Waals surface area (Å²) in [6.45, 7) is 3.21. The number of β-amino-alcohol motifs (C(OH)–C–C–N with tert-alkyl or cyclic N) is 1. The van der Waals surface area contributed by atoms with E-state index in [2.05, 4.69) is 6.07 Å². The van der Waals surface area contributed by atoms with Gasteiger partial charge in [-0.3, -0.25) is 0 Å². The van der Waals surface area contributed by atoms with Crippen LogP contribution in [0.3, 0.4) is 0 Å². The van der Waals surface area contributed by atoms with E-state index < -0.39 is 15.8 Å². The molecule has 1 atom stereocenters. The van der Waals surface area contributed by atoms with E-state index in [-0.39, 0.29) is 6.54 Å². The van der Waals surface area contributed by atoms with Gasteiger partial charge in [0.25, 0.3) is 10.2 Å². The van der Waals surface area contributed by atoms with Crippen molar-refractivity contribution in [1.29, 1.82) is 0 Å². The summed E-state index contributed by atoms with van der Waals surface area (Å²) in [6, 6.07) is 7.97. The average molecular weight is 296 g/mol. The summed E-state index contributed by atoms with van der Waals surface area (Å²) in [6.07, 6.45) is 1.25. The lowest BCUT2D eigenvalue weighted by Crippen LogP contribution is -2.46. The van der Waals surface area contributed by atoms with Crippen molar-refractivity contribution in [3.63, 3.8) is 0 Å². The fourth-order valence-electron chi connectivity index (χ4n) is 2.93. The molecule has 1 fully saturated rings. The first-order valence-corrected chi connectivity index (χ1v) is 8.33. The van der Waals surface area contributed by atoms with Crippen molar-refractivity contribution in [2.75, 3.05) is 19.6 Å². The highest BCUT2D eigenvalue weighted by Gasteiger charge is 2.41. The minimum absolute atomic E-state index is 0.188. The van der Waals surface area contributed by atoms with Crippen LogP contribution >= 0.6 is 0 Å². The average Bonchev–Trinajstić information content (AvgIpc) is 2.79. The zero-order chi connectivity index (χ0) is 14.4. The predicted octanol–water partition coefficient (Wildman–Crippen LogP) is 0.746. The Hall–Kier alpha value is -0.950. The van der Waals surface area contributed by atoms with Gasteiger partial charge in [-0.25, -0.2) is 0 Å². The number of benzene rings is 1. The minimum Gasteiger partial charge on any atom is -0.389 e. The molecular formula is C14H20N2O3S. The van der Waals surface area contributed by atoms with Crippen LogP contribution in [0.1, 0.15) is 24.5 Å². The summed E-state index contributed by atoms with van der Waals surface area (Å²) in [4.78, 5) is 0. The molecule has 1 aromatic carbocycles. The second kappa shape index (κ2) is 4.80. The fraction of sp³-hybridized carbons (Fsp3) is 0.571. The molecule has 1 aromatic rings. The molecule has 1 saturated heterocycles. The van der Waals surface area contributed by atoms with E-state index in [4.69, 9.17) is 0 Å². The standard InChI is InChI=1S/C14H20N2O3S/c1-14(17)7-9-16(11-14)20(18,19)15-8-6-12-4-2-3-5-13(12)10-15/h2-5,17H,6-11H2,1H3. The van der Waals surface area contributed by atoms with Gasteiger partial charge in [0.1, 0.15) is 0 Å². The fourth-order valence-corrected chi connectivity index (χ4v) is 4.64. The first-order valence-electron chi connectivity index (χ1n) is 6.93. The smallest absolute Gasteiger partial charge is 0.282 e. The van der Waals surface area contributed by atoms with Gasteiger partial charge in [-0.1, -0.05) is 24.3 Å². The second-order valence-electron chi connectivity index (χ2n) is 5.94.